The molecular formula is C21H31ClN2O3S. The highest BCUT2D eigenvalue weighted by atomic mass is 35.5. The maximum absolute atomic E-state index is 13.3. The van der Waals surface area contributed by atoms with Gasteiger partial charge in [0.2, 0.25) is 15.9 Å². The third kappa shape index (κ3) is 5.71. The molecule has 1 aromatic carbocycles. The van der Waals surface area contributed by atoms with E-state index in [1.807, 2.05) is 0 Å². The van der Waals surface area contributed by atoms with Crippen LogP contribution in [0.5, 0.6) is 0 Å². The van der Waals surface area contributed by atoms with Gasteiger partial charge in [-0.2, -0.15) is 4.31 Å². The van der Waals surface area contributed by atoms with E-state index in [0.29, 0.717) is 5.02 Å². The molecule has 1 N–H and O–H groups in total. The van der Waals surface area contributed by atoms with E-state index in [1.165, 1.54) is 29.3 Å². The van der Waals surface area contributed by atoms with Crippen molar-refractivity contribution in [3.05, 3.63) is 29.3 Å². The van der Waals surface area contributed by atoms with Gasteiger partial charge < -0.3 is 5.32 Å². The van der Waals surface area contributed by atoms with Crippen LogP contribution in [0.1, 0.15) is 70.6 Å². The lowest BCUT2D eigenvalue weighted by molar-refractivity contribution is -0.122. The molecule has 3 rings (SSSR count). The Kier molecular flexibility index (Phi) is 7.77. The number of nitrogens with one attached hydrogen (secondary N) is 1. The molecule has 0 spiro atoms. The fourth-order valence-electron chi connectivity index (χ4n) is 4.36. The molecule has 2 aliphatic carbocycles. The van der Waals surface area contributed by atoms with Crippen molar-refractivity contribution >= 4 is 27.5 Å². The molecule has 0 aliphatic heterocycles. The van der Waals surface area contributed by atoms with E-state index in [0.717, 1.165) is 57.8 Å². The number of hydrogen-bond acceptors (Lipinski definition) is 3. The Hall–Kier alpha value is -1.11. The van der Waals surface area contributed by atoms with Crippen LogP contribution < -0.4 is 5.32 Å². The van der Waals surface area contributed by atoms with Crippen LogP contribution >= 0.6 is 11.6 Å². The Bertz CT molecular complexity index is 737. The molecule has 2 fully saturated rings. The van der Waals surface area contributed by atoms with Crippen LogP contribution in [0.2, 0.25) is 5.02 Å². The van der Waals surface area contributed by atoms with Gasteiger partial charge in [-0.15, -0.1) is 0 Å². The number of hydrogen-bond donors (Lipinski definition) is 1. The minimum atomic E-state index is -3.75. The molecule has 1 amide bonds. The number of sulfonamides is 1. The minimum absolute atomic E-state index is 0.105. The van der Waals surface area contributed by atoms with Crippen molar-refractivity contribution in [3.8, 4) is 0 Å². The number of carbonyl (C=O) groups excluding carboxylic acids is 1. The predicted molar refractivity (Wildman–Crippen MR) is 112 cm³/mol. The van der Waals surface area contributed by atoms with Gasteiger partial charge in [-0.3, -0.25) is 4.79 Å². The topological polar surface area (TPSA) is 66.5 Å². The van der Waals surface area contributed by atoms with Crippen molar-refractivity contribution in [3.63, 3.8) is 0 Å². The molecule has 2 saturated carbocycles. The fourth-order valence-corrected chi connectivity index (χ4v) is 6.13. The largest absolute Gasteiger partial charge is 0.352 e. The second-order valence-electron chi connectivity index (χ2n) is 8.05. The van der Waals surface area contributed by atoms with Crippen molar-refractivity contribution < 1.29 is 13.2 Å². The molecule has 156 valence electrons. The van der Waals surface area contributed by atoms with Crippen molar-refractivity contribution in [2.75, 3.05) is 6.54 Å². The van der Waals surface area contributed by atoms with Gasteiger partial charge in [0.05, 0.1) is 11.4 Å². The molecule has 0 radical (unpaired) electrons. The lowest BCUT2D eigenvalue weighted by atomic mass is 9.95. The highest BCUT2D eigenvalue weighted by Crippen LogP contribution is 2.28. The van der Waals surface area contributed by atoms with E-state index < -0.39 is 10.0 Å². The molecule has 7 heteroatoms. The summed E-state index contributed by atoms with van der Waals surface area (Å²) in [5.74, 6) is -0.185. The first-order valence-corrected chi connectivity index (χ1v) is 12.4. The molecule has 5 nitrogen and oxygen atoms in total. The molecule has 28 heavy (non-hydrogen) atoms. The average Bonchev–Trinajstić information content (AvgIpc) is 2.95. The van der Waals surface area contributed by atoms with Crippen LogP contribution in [0.3, 0.4) is 0 Å². The summed E-state index contributed by atoms with van der Waals surface area (Å²) >= 11 is 5.92. The van der Waals surface area contributed by atoms with Crippen molar-refractivity contribution in [1.29, 1.82) is 0 Å². The van der Waals surface area contributed by atoms with E-state index in [-0.39, 0.29) is 29.4 Å². The molecule has 1 aromatic rings. The lowest BCUT2D eigenvalue weighted by Gasteiger charge is -2.33. The predicted octanol–water partition coefficient (Wildman–Crippen LogP) is 4.50. The normalized spacial score (nSPS) is 20.1. The van der Waals surface area contributed by atoms with Crippen molar-refractivity contribution in [1.82, 2.24) is 9.62 Å². The van der Waals surface area contributed by atoms with Crippen LogP contribution in [-0.2, 0) is 14.8 Å². The second-order valence-corrected chi connectivity index (χ2v) is 10.4. The van der Waals surface area contributed by atoms with Gasteiger partial charge in [-0.05, 0) is 49.9 Å². The summed E-state index contributed by atoms with van der Waals surface area (Å²) in [7, 11) is -3.75. The summed E-state index contributed by atoms with van der Waals surface area (Å²) in [6.45, 7) is -0.105. The molecule has 0 atom stereocenters. The molecule has 2 aliphatic rings. The fraction of sp³-hybridized carbons (Fsp3) is 0.667. The standard InChI is InChI=1S/C21H31ClN2O3S/c22-17-12-14-20(15-13-17)28(26,27)24(19-10-6-3-7-11-19)16-21(25)23-18-8-4-1-2-5-9-18/h12-15,18-19H,1-11,16H2,(H,23,25). The maximum Gasteiger partial charge on any atom is 0.243 e. The van der Waals surface area contributed by atoms with Crippen LogP contribution in [0, 0.1) is 0 Å². The summed E-state index contributed by atoms with van der Waals surface area (Å²) in [5, 5.41) is 3.59. The van der Waals surface area contributed by atoms with E-state index >= 15 is 0 Å². The van der Waals surface area contributed by atoms with E-state index in [2.05, 4.69) is 5.32 Å². The van der Waals surface area contributed by atoms with Crippen LogP contribution in [-0.4, -0.2) is 37.3 Å². The first-order chi connectivity index (χ1) is 13.5. The molecule has 0 bridgehead atoms. The summed E-state index contributed by atoms with van der Waals surface area (Å²) < 4.78 is 28.1. The smallest absolute Gasteiger partial charge is 0.243 e. The van der Waals surface area contributed by atoms with Gasteiger partial charge in [0.25, 0.3) is 0 Å². The highest BCUT2D eigenvalue weighted by molar-refractivity contribution is 7.89. The Labute approximate surface area is 173 Å². The highest BCUT2D eigenvalue weighted by Gasteiger charge is 2.34. The van der Waals surface area contributed by atoms with Gasteiger partial charge in [0, 0.05) is 17.1 Å². The van der Waals surface area contributed by atoms with Crippen molar-refractivity contribution in [2.24, 2.45) is 0 Å². The van der Waals surface area contributed by atoms with Crippen LogP contribution in [0.15, 0.2) is 29.2 Å². The second kappa shape index (κ2) is 10.1. The summed E-state index contributed by atoms with van der Waals surface area (Å²) in [4.78, 5) is 13.0. The van der Waals surface area contributed by atoms with Crippen LogP contribution in [0.4, 0.5) is 0 Å². The zero-order chi connectivity index (χ0) is 20.0. The molecule has 0 saturated heterocycles. The molecule has 0 aromatic heterocycles. The van der Waals surface area contributed by atoms with Gasteiger partial charge in [0.1, 0.15) is 0 Å². The Balaban J connectivity index is 1.76. The number of halogens is 1. The number of carbonyl (C=O) groups is 1. The Morgan fingerprint density at radius 2 is 1.46 bits per heavy atom. The van der Waals surface area contributed by atoms with Crippen molar-refractivity contribution in [2.45, 2.75) is 87.6 Å². The van der Waals surface area contributed by atoms with Gasteiger partial charge in [-0.1, -0.05) is 56.5 Å². The number of benzene rings is 1. The Morgan fingerprint density at radius 3 is 2.07 bits per heavy atom. The molecule has 0 heterocycles. The van der Waals surface area contributed by atoms with E-state index in [4.69, 9.17) is 11.6 Å². The summed E-state index contributed by atoms with van der Waals surface area (Å²) in [6.07, 6.45) is 11.4. The van der Waals surface area contributed by atoms with Gasteiger partial charge >= 0.3 is 0 Å². The molecule has 0 unspecified atom stereocenters. The quantitative estimate of drug-likeness (QED) is 0.681. The van der Waals surface area contributed by atoms with E-state index in [9.17, 15) is 13.2 Å². The third-order valence-corrected chi connectivity index (χ3v) is 8.09. The first kappa shape index (κ1) is 21.6. The lowest BCUT2D eigenvalue weighted by Crippen LogP contribution is -2.48. The summed E-state index contributed by atoms with van der Waals surface area (Å²) in [6, 6.07) is 6.27. The number of rotatable bonds is 6. The SMILES string of the molecule is O=C(CN(C1CCCCC1)S(=O)(=O)c1ccc(Cl)cc1)NC1CCCCCC1. The minimum Gasteiger partial charge on any atom is -0.352 e. The zero-order valence-electron chi connectivity index (χ0n) is 16.4. The Morgan fingerprint density at radius 1 is 0.929 bits per heavy atom. The molecular weight excluding hydrogens is 396 g/mol. The number of nitrogens with zero attached hydrogens (tertiary/aromatic N) is 1. The monoisotopic (exact) mass is 426 g/mol. The van der Waals surface area contributed by atoms with Gasteiger partial charge in [0.15, 0.2) is 0 Å². The maximum atomic E-state index is 13.3. The zero-order valence-corrected chi connectivity index (χ0v) is 18.0. The third-order valence-electron chi connectivity index (χ3n) is 5.92. The van der Waals surface area contributed by atoms with Crippen LogP contribution in [0.25, 0.3) is 0 Å². The van der Waals surface area contributed by atoms with E-state index in [1.54, 1.807) is 12.1 Å². The number of amides is 1. The van der Waals surface area contributed by atoms with Gasteiger partial charge in [-0.25, -0.2) is 8.42 Å². The average molecular weight is 427 g/mol. The summed E-state index contributed by atoms with van der Waals surface area (Å²) in [5.41, 5.74) is 0. The first-order valence-electron chi connectivity index (χ1n) is 10.5.